The first-order valence-electron chi connectivity index (χ1n) is 9.69. The number of hydrogen-bond donors (Lipinski definition) is 1. The Labute approximate surface area is 185 Å². The van der Waals surface area contributed by atoms with Gasteiger partial charge in [-0.05, 0) is 24.1 Å². The summed E-state index contributed by atoms with van der Waals surface area (Å²) in [6.45, 7) is 7.35. The number of guanidine groups is 1. The van der Waals surface area contributed by atoms with E-state index in [2.05, 4.69) is 27.0 Å². The zero-order valence-corrected chi connectivity index (χ0v) is 19.5. The number of nitrogens with zero attached hydrogens (tertiary/aromatic N) is 4. The van der Waals surface area contributed by atoms with Crippen molar-refractivity contribution in [1.82, 2.24) is 20.0 Å². The second kappa shape index (κ2) is 12.9. The van der Waals surface area contributed by atoms with Crippen molar-refractivity contribution in [2.24, 2.45) is 4.99 Å². The lowest BCUT2D eigenvalue weighted by Gasteiger charge is -2.36. The standard InChI is InChI=1S/C20H32FN5O.HI/c1-4-5-9-22-20(23-15-19(27)24(2)3)26-12-10-25(11-13-26)16-17-7-6-8-18(21)14-17;/h6-8,14H,4-5,9-13,15-16H2,1-3H3,(H,22,23);1H. The number of carbonyl (C=O) groups excluding carboxylic acids is 1. The quantitative estimate of drug-likeness (QED) is 0.268. The molecule has 0 bridgehead atoms. The average Bonchev–Trinajstić information content (AvgIpc) is 2.65. The molecular weight excluding hydrogens is 472 g/mol. The van der Waals surface area contributed by atoms with Crippen molar-refractivity contribution in [3.05, 3.63) is 35.6 Å². The van der Waals surface area contributed by atoms with Crippen molar-refractivity contribution >= 4 is 35.8 Å². The second-order valence-electron chi connectivity index (χ2n) is 7.10. The first-order chi connectivity index (χ1) is 13.0. The molecule has 0 saturated carbocycles. The van der Waals surface area contributed by atoms with Crippen LogP contribution in [0.3, 0.4) is 0 Å². The number of halogens is 2. The van der Waals surface area contributed by atoms with Crippen LogP contribution >= 0.6 is 24.0 Å². The number of piperazine rings is 1. The Morgan fingerprint density at radius 1 is 1.25 bits per heavy atom. The van der Waals surface area contributed by atoms with E-state index < -0.39 is 0 Å². The highest BCUT2D eigenvalue weighted by atomic mass is 127. The molecule has 1 amide bonds. The van der Waals surface area contributed by atoms with Crippen molar-refractivity contribution < 1.29 is 9.18 Å². The molecule has 28 heavy (non-hydrogen) atoms. The van der Waals surface area contributed by atoms with Gasteiger partial charge in [-0.1, -0.05) is 25.5 Å². The number of aliphatic imine (C=N–C) groups is 1. The molecule has 8 heteroatoms. The third kappa shape index (κ3) is 8.30. The summed E-state index contributed by atoms with van der Waals surface area (Å²) in [5, 5.41) is 3.39. The number of rotatable bonds is 7. The van der Waals surface area contributed by atoms with Gasteiger partial charge in [-0.3, -0.25) is 9.69 Å². The van der Waals surface area contributed by atoms with Gasteiger partial charge in [0.2, 0.25) is 5.91 Å². The summed E-state index contributed by atoms with van der Waals surface area (Å²) < 4.78 is 13.4. The van der Waals surface area contributed by atoms with Gasteiger partial charge < -0.3 is 15.1 Å². The van der Waals surface area contributed by atoms with Gasteiger partial charge in [-0.15, -0.1) is 24.0 Å². The minimum absolute atomic E-state index is 0. The summed E-state index contributed by atoms with van der Waals surface area (Å²) in [7, 11) is 3.49. The van der Waals surface area contributed by atoms with Gasteiger partial charge >= 0.3 is 0 Å². The first-order valence-corrected chi connectivity index (χ1v) is 9.69. The highest BCUT2D eigenvalue weighted by Crippen LogP contribution is 2.10. The summed E-state index contributed by atoms with van der Waals surface area (Å²) in [6.07, 6.45) is 2.18. The number of amides is 1. The maximum atomic E-state index is 13.4. The van der Waals surface area contributed by atoms with Crippen molar-refractivity contribution in [2.45, 2.75) is 26.3 Å². The summed E-state index contributed by atoms with van der Waals surface area (Å²) in [6, 6.07) is 6.78. The second-order valence-corrected chi connectivity index (χ2v) is 7.10. The third-order valence-electron chi connectivity index (χ3n) is 4.64. The molecule has 1 fully saturated rings. The molecular formula is C20H33FIN5O. The number of unbranched alkanes of at least 4 members (excludes halogenated alkanes) is 1. The minimum atomic E-state index is -0.189. The minimum Gasteiger partial charge on any atom is -0.356 e. The molecule has 0 atom stereocenters. The molecule has 1 N–H and O–H groups in total. The highest BCUT2D eigenvalue weighted by molar-refractivity contribution is 14.0. The van der Waals surface area contributed by atoms with Crippen LogP contribution in [0.4, 0.5) is 4.39 Å². The van der Waals surface area contributed by atoms with Crippen molar-refractivity contribution in [3.8, 4) is 0 Å². The zero-order valence-electron chi connectivity index (χ0n) is 17.2. The zero-order chi connectivity index (χ0) is 19.6. The van der Waals surface area contributed by atoms with Crippen LogP contribution in [-0.4, -0.2) is 79.9 Å². The van der Waals surface area contributed by atoms with Crippen molar-refractivity contribution in [1.29, 1.82) is 0 Å². The number of nitrogens with one attached hydrogen (secondary N) is 1. The predicted molar refractivity (Wildman–Crippen MR) is 123 cm³/mol. The van der Waals surface area contributed by atoms with Crippen molar-refractivity contribution in [3.63, 3.8) is 0 Å². The van der Waals surface area contributed by atoms with E-state index in [9.17, 15) is 9.18 Å². The van der Waals surface area contributed by atoms with Crippen LogP contribution in [0.25, 0.3) is 0 Å². The Morgan fingerprint density at radius 3 is 2.57 bits per heavy atom. The van der Waals surface area contributed by atoms with E-state index in [1.54, 1.807) is 31.1 Å². The maximum Gasteiger partial charge on any atom is 0.243 e. The van der Waals surface area contributed by atoms with E-state index in [1.165, 1.54) is 6.07 Å². The van der Waals surface area contributed by atoms with Crippen LogP contribution in [0, 0.1) is 5.82 Å². The summed E-state index contributed by atoms with van der Waals surface area (Å²) >= 11 is 0. The molecule has 0 spiro atoms. The SMILES string of the molecule is CCCCNC(=NCC(=O)N(C)C)N1CCN(Cc2cccc(F)c2)CC1.I. The molecule has 2 rings (SSSR count). The maximum absolute atomic E-state index is 13.4. The summed E-state index contributed by atoms with van der Waals surface area (Å²) in [5.41, 5.74) is 0.995. The molecule has 0 aliphatic carbocycles. The molecule has 0 aromatic heterocycles. The molecule has 1 aromatic rings. The van der Waals surface area contributed by atoms with Crippen LogP contribution in [0.1, 0.15) is 25.3 Å². The van der Waals surface area contributed by atoms with Crippen molar-refractivity contribution in [2.75, 3.05) is 53.4 Å². The third-order valence-corrected chi connectivity index (χ3v) is 4.64. The highest BCUT2D eigenvalue weighted by Gasteiger charge is 2.20. The number of likely N-dealkylation sites (N-methyl/N-ethyl adjacent to an activating group) is 1. The Balaban J connectivity index is 0.00000392. The lowest BCUT2D eigenvalue weighted by atomic mass is 10.2. The predicted octanol–water partition coefficient (Wildman–Crippen LogP) is 2.40. The van der Waals surface area contributed by atoms with Crippen LogP contribution < -0.4 is 5.32 Å². The Kier molecular flexibility index (Phi) is 11.4. The fraction of sp³-hybridized carbons (Fsp3) is 0.600. The largest absolute Gasteiger partial charge is 0.356 e. The molecule has 1 heterocycles. The number of hydrogen-bond acceptors (Lipinski definition) is 3. The van der Waals surface area contributed by atoms with Gasteiger partial charge in [-0.25, -0.2) is 9.38 Å². The smallest absolute Gasteiger partial charge is 0.243 e. The molecule has 158 valence electrons. The fourth-order valence-electron chi connectivity index (χ4n) is 2.94. The topological polar surface area (TPSA) is 51.2 Å². The fourth-order valence-corrected chi connectivity index (χ4v) is 2.94. The van der Waals surface area contributed by atoms with Crippen LogP contribution in [0.15, 0.2) is 29.3 Å². The lowest BCUT2D eigenvalue weighted by molar-refractivity contribution is -0.127. The van der Waals surface area contributed by atoms with E-state index in [0.29, 0.717) is 0 Å². The van der Waals surface area contributed by atoms with Gasteiger partial charge in [0.1, 0.15) is 12.4 Å². The molecule has 1 saturated heterocycles. The Bertz CT molecular complexity index is 633. The molecule has 0 unspecified atom stereocenters. The van der Waals surface area contributed by atoms with Gasteiger partial charge in [0, 0.05) is 53.4 Å². The van der Waals surface area contributed by atoms with Crippen LogP contribution in [0.5, 0.6) is 0 Å². The Morgan fingerprint density at radius 2 is 1.96 bits per heavy atom. The normalized spacial score (nSPS) is 15.1. The average molecular weight is 505 g/mol. The molecule has 6 nitrogen and oxygen atoms in total. The monoisotopic (exact) mass is 505 g/mol. The van der Waals surface area contributed by atoms with E-state index in [0.717, 1.165) is 63.6 Å². The molecule has 1 aliphatic heterocycles. The number of carbonyl (C=O) groups is 1. The number of benzene rings is 1. The van der Waals surface area contributed by atoms with Gasteiger partial charge in [0.15, 0.2) is 5.96 Å². The van der Waals surface area contributed by atoms with Gasteiger partial charge in [0.05, 0.1) is 0 Å². The summed E-state index contributed by atoms with van der Waals surface area (Å²) in [4.78, 5) is 22.5. The van der Waals surface area contributed by atoms with E-state index in [4.69, 9.17) is 0 Å². The molecule has 1 aliphatic rings. The van der Waals surface area contributed by atoms with Gasteiger partial charge in [0.25, 0.3) is 0 Å². The first kappa shape index (κ1) is 24.6. The van der Waals surface area contributed by atoms with E-state index in [1.807, 2.05) is 6.07 Å². The van der Waals surface area contributed by atoms with Crippen LogP contribution in [0.2, 0.25) is 0 Å². The lowest BCUT2D eigenvalue weighted by Crippen LogP contribution is -2.52. The van der Waals surface area contributed by atoms with Crippen LogP contribution in [-0.2, 0) is 11.3 Å². The molecule has 0 radical (unpaired) electrons. The van der Waals surface area contributed by atoms with Gasteiger partial charge in [-0.2, -0.15) is 0 Å². The molecule has 1 aromatic carbocycles. The van der Waals surface area contributed by atoms with E-state index >= 15 is 0 Å². The Hall–Kier alpha value is -1.42. The summed E-state index contributed by atoms with van der Waals surface area (Å²) in [5.74, 6) is 0.616. The van der Waals surface area contributed by atoms with E-state index in [-0.39, 0.29) is 42.2 Å².